The molecule has 4 nitrogen and oxygen atoms in total. The maximum Gasteiger partial charge on any atom is 0.0640 e. The van der Waals surface area contributed by atoms with Crippen LogP contribution in [0.15, 0.2) is 24.3 Å². The summed E-state index contributed by atoms with van der Waals surface area (Å²) in [6.45, 7) is 1.18. The standard InChI is InChI=1S/C12H18N4/c1-16(8-2-7-13)11-5-3-10(4-6-11)12(15)9-14/h3-6,12H,2,8-9,14-15H2,1H3/t12-/m1/s1. The van der Waals surface area contributed by atoms with Crippen molar-refractivity contribution in [3.8, 4) is 6.07 Å². The highest BCUT2D eigenvalue weighted by Gasteiger charge is 2.04. The molecule has 1 aromatic carbocycles. The van der Waals surface area contributed by atoms with Gasteiger partial charge in [-0.25, -0.2) is 0 Å². The molecule has 86 valence electrons. The fourth-order valence-corrected chi connectivity index (χ4v) is 1.46. The molecule has 1 aromatic rings. The zero-order chi connectivity index (χ0) is 12.0. The molecular formula is C12H18N4. The molecule has 0 fully saturated rings. The molecule has 0 saturated carbocycles. The highest BCUT2D eigenvalue weighted by molar-refractivity contribution is 5.47. The van der Waals surface area contributed by atoms with Crippen LogP contribution < -0.4 is 16.4 Å². The molecule has 0 saturated heterocycles. The third-order valence-electron chi connectivity index (χ3n) is 2.57. The number of nitrogens with two attached hydrogens (primary N) is 2. The molecule has 16 heavy (non-hydrogen) atoms. The zero-order valence-electron chi connectivity index (χ0n) is 9.56. The SMILES string of the molecule is CN(CCC#N)c1ccc([C@H](N)CN)cc1. The van der Waals surface area contributed by atoms with Crippen LogP contribution in [0, 0.1) is 11.3 Å². The first-order valence-electron chi connectivity index (χ1n) is 5.32. The van der Waals surface area contributed by atoms with E-state index in [0.717, 1.165) is 17.8 Å². The summed E-state index contributed by atoms with van der Waals surface area (Å²) in [6.07, 6.45) is 0.528. The summed E-state index contributed by atoms with van der Waals surface area (Å²) in [4.78, 5) is 2.04. The van der Waals surface area contributed by atoms with E-state index in [4.69, 9.17) is 16.7 Å². The van der Waals surface area contributed by atoms with Gasteiger partial charge in [-0.15, -0.1) is 0 Å². The van der Waals surface area contributed by atoms with Gasteiger partial charge in [-0.1, -0.05) is 12.1 Å². The Balaban J connectivity index is 2.67. The van der Waals surface area contributed by atoms with Gasteiger partial charge in [-0.05, 0) is 17.7 Å². The Morgan fingerprint density at radius 2 is 2.00 bits per heavy atom. The number of hydrogen-bond acceptors (Lipinski definition) is 4. The van der Waals surface area contributed by atoms with Crippen molar-refractivity contribution in [1.29, 1.82) is 5.26 Å². The number of benzene rings is 1. The molecule has 0 radical (unpaired) electrons. The van der Waals surface area contributed by atoms with Gasteiger partial charge in [-0.2, -0.15) is 5.26 Å². The van der Waals surface area contributed by atoms with E-state index in [9.17, 15) is 0 Å². The van der Waals surface area contributed by atoms with Crippen LogP contribution >= 0.6 is 0 Å². The Kier molecular flexibility index (Phi) is 4.77. The van der Waals surface area contributed by atoms with Crippen molar-refractivity contribution >= 4 is 5.69 Å². The van der Waals surface area contributed by atoms with Crippen molar-refractivity contribution in [1.82, 2.24) is 0 Å². The van der Waals surface area contributed by atoms with E-state index in [-0.39, 0.29) is 6.04 Å². The summed E-state index contributed by atoms with van der Waals surface area (Å²) in [5.41, 5.74) is 13.4. The number of anilines is 1. The predicted molar refractivity (Wildman–Crippen MR) is 65.9 cm³/mol. The molecule has 0 aliphatic heterocycles. The van der Waals surface area contributed by atoms with Crippen LogP contribution in [0.2, 0.25) is 0 Å². The van der Waals surface area contributed by atoms with Crippen molar-refractivity contribution in [2.75, 3.05) is 25.0 Å². The lowest BCUT2D eigenvalue weighted by atomic mass is 10.1. The van der Waals surface area contributed by atoms with Crippen molar-refractivity contribution in [2.24, 2.45) is 11.5 Å². The quantitative estimate of drug-likeness (QED) is 0.772. The molecule has 4 N–H and O–H groups in total. The molecule has 0 bridgehead atoms. The third-order valence-corrected chi connectivity index (χ3v) is 2.57. The topological polar surface area (TPSA) is 79.1 Å². The molecule has 1 rings (SSSR count). The first-order chi connectivity index (χ1) is 7.69. The minimum Gasteiger partial charge on any atom is -0.374 e. The van der Waals surface area contributed by atoms with Crippen LogP contribution in [0.5, 0.6) is 0 Å². The van der Waals surface area contributed by atoms with Crippen LogP contribution in [0.25, 0.3) is 0 Å². The van der Waals surface area contributed by atoms with Gasteiger partial charge in [0.25, 0.3) is 0 Å². The molecule has 1 atom stereocenters. The largest absolute Gasteiger partial charge is 0.374 e. The highest BCUT2D eigenvalue weighted by Crippen LogP contribution is 2.16. The molecule has 0 spiro atoms. The summed E-state index contributed by atoms with van der Waals surface area (Å²) in [5.74, 6) is 0. The smallest absolute Gasteiger partial charge is 0.0640 e. The molecule has 0 heterocycles. The lowest BCUT2D eigenvalue weighted by Crippen LogP contribution is -2.21. The van der Waals surface area contributed by atoms with Gasteiger partial charge >= 0.3 is 0 Å². The average molecular weight is 218 g/mol. The van der Waals surface area contributed by atoms with Crippen LogP contribution in [-0.2, 0) is 0 Å². The maximum atomic E-state index is 8.50. The Morgan fingerprint density at radius 1 is 1.38 bits per heavy atom. The summed E-state index contributed by atoms with van der Waals surface area (Å²) >= 11 is 0. The van der Waals surface area contributed by atoms with Gasteiger partial charge in [-0.3, -0.25) is 0 Å². The van der Waals surface area contributed by atoms with E-state index in [1.54, 1.807) is 0 Å². The van der Waals surface area contributed by atoms with Gasteiger partial charge in [0.15, 0.2) is 0 Å². The molecule has 0 unspecified atom stereocenters. The minimum atomic E-state index is -0.0986. The zero-order valence-corrected chi connectivity index (χ0v) is 9.56. The van der Waals surface area contributed by atoms with Gasteiger partial charge in [0.2, 0.25) is 0 Å². The number of hydrogen-bond donors (Lipinski definition) is 2. The monoisotopic (exact) mass is 218 g/mol. The Labute approximate surface area is 96.5 Å². The van der Waals surface area contributed by atoms with Gasteiger partial charge in [0.1, 0.15) is 0 Å². The molecule has 4 heteroatoms. The second-order valence-electron chi connectivity index (χ2n) is 3.76. The van der Waals surface area contributed by atoms with Gasteiger partial charge in [0.05, 0.1) is 12.5 Å². The minimum absolute atomic E-state index is 0.0986. The molecule has 0 aliphatic carbocycles. The summed E-state index contributed by atoms with van der Waals surface area (Å²) in [6, 6.07) is 10.00. The normalized spacial score (nSPS) is 11.9. The van der Waals surface area contributed by atoms with Crippen molar-refractivity contribution in [2.45, 2.75) is 12.5 Å². The predicted octanol–water partition coefficient (Wildman–Crippen LogP) is 0.995. The van der Waals surface area contributed by atoms with Crippen molar-refractivity contribution in [3.05, 3.63) is 29.8 Å². The highest BCUT2D eigenvalue weighted by atomic mass is 15.1. The summed E-state index contributed by atoms with van der Waals surface area (Å²) in [7, 11) is 1.97. The third kappa shape index (κ3) is 3.23. The first kappa shape index (κ1) is 12.5. The maximum absolute atomic E-state index is 8.50. The molecule has 0 aromatic heterocycles. The van der Waals surface area contributed by atoms with E-state index in [0.29, 0.717) is 13.0 Å². The van der Waals surface area contributed by atoms with E-state index >= 15 is 0 Å². The molecular weight excluding hydrogens is 200 g/mol. The van der Waals surface area contributed by atoms with E-state index in [2.05, 4.69) is 6.07 Å². The van der Waals surface area contributed by atoms with Gasteiger partial charge in [0, 0.05) is 31.9 Å². The Morgan fingerprint density at radius 3 is 2.50 bits per heavy atom. The van der Waals surface area contributed by atoms with E-state index in [1.807, 2.05) is 36.2 Å². The summed E-state index contributed by atoms with van der Waals surface area (Å²) < 4.78 is 0. The van der Waals surface area contributed by atoms with E-state index < -0.39 is 0 Å². The Hall–Kier alpha value is -1.57. The molecule has 0 amide bonds. The second-order valence-corrected chi connectivity index (χ2v) is 3.76. The number of nitrogens with zero attached hydrogens (tertiary/aromatic N) is 2. The summed E-state index contributed by atoms with van der Waals surface area (Å²) in [5, 5.41) is 8.50. The second kappa shape index (κ2) is 6.11. The molecule has 0 aliphatic rings. The lowest BCUT2D eigenvalue weighted by molar-refractivity contribution is 0.737. The Bertz CT molecular complexity index is 352. The van der Waals surface area contributed by atoms with Crippen LogP contribution in [-0.4, -0.2) is 20.1 Å². The van der Waals surface area contributed by atoms with Crippen LogP contribution in [0.4, 0.5) is 5.69 Å². The number of rotatable bonds is 5. The fraction of sp³-hybridized carbons (Fsp3) is 0.417. The van der Waals surface area contributed by atoms with Crippen molar-refractivity contribution in [3.63, 3.8) is 0 Å². The van der Waals surface area contributed by atoms with Crippen LogP contribution in [0.3, 0.4) is 0 Å². The number of nitriles is 1. The van der Waals surface area contributed by atoms with Gasteiger partial charge < -0.3 is 16.4 Å². The van der Waals surface area contributed by atoms with Crippen LogP contribution in [0.1, 0.15) is 18.0 Å². The fourth-order valence-electron chi connectivity index (χ4n) is 1.46. The van der Waals surface area contributed by atoms with Crippen molar-refractivity contribution < 1.29 is 0 Å². The first-order valence-corrected chi connectivity index (χ1v) is 5.32. The average Bonchev–Trinajstić information content (AvgIpc) is 2.35. The lowest BCUT2D eigenvalue weighted by Gasteiger charge is -2.18. The van der Waals surface area contributed by atoms with E-state index in [1.165, 1.54) is 0 Å².